The Balaban J connectivity index is 2.75. The fraction of sp³-hybridized carbons (Fsp3) is 0.316. The quantitative estimate of drug-likeness (QED) is 0.723. The smallest absolute Gasteiger partial charge is 0.340 e. The number of aromatic carboxylic acids is 2. The van der Waals surface area contributed by atoms with E-state index >= 15 is 0 Å². The maximum Gasteiger partial charge on any atom is 0.340 e. The van der Waals surface area contributed by atoms with Crippen molar-refractivity contribution in [2.24, 2.45) is 0 Å². The van der Waals surface area contributed by atoms with Crippen molar-refractivity contribution in [1.29, 1.82) is 0 Å². The van der Waals surface area contributed by atoms with Crippen LogP contribution >= 0.6 is 0 Å². The molecule has 0 saturated carbocycles. The molecule has 2 rings (SSSR count). The summed E-state index contributed by atoms with van der Waals surface area (Å²) in [4.78, 5) is 27.8. The minimum Gasteiger partial charge on any atom is -0.505 e. The minimum atomic E-state index is -1.51. The molecule has 7 nitrogen and oxygen atoms in total. The molecule has 2 aromatic rings. The average Bonchev–Trinajstić information content (AvgIpc) is 2.59. The molecule has 1 heterocycles. The fourth-order valence-corrected chi connectivity index (χ4v) is 2.80. The summed E-state index contributed by atoms with van der Waals surface area (Å²) < 4.78 is 5.11. The van der Waals surface area contributed by atoms with Crippen molar-refractivity contribution < 1.29 is 29.6 Å². The predicted octanol–water partition coefficient (Wildman–Crippen LogP) is 3.47. The van der Waals surface area contributed by atoms with Gasteiger partial charge in [-0.25, -0.2) is 9.59 Å². The third-order valence-electron chi connectivity index (χ3n) is 4.23. The highest BCUT2D eigenvalue weighted by atomic mass is 16.5. The van der Waals surface area contributed by atoms with Crippen LogP contribution in [0.3, 0.4) is 0 Å². The number of hydrogen-bond donors (Lipinski definition) is 3. The number of benzene rings is 1. The summed E-state index contributed by atoms with van der Waals surface area (Å²) in [6, 6.07) is 6.99. The van der Waals surface area contributed by atoms with Crippen LogP contribution in [-0.2, 0) is 0 Å². The zero-order valence-electron chi connectivity index (χ0n) is 15.0. The van der Waals surface area contributed by atoms with Gasteiger partial charge < -0.3 is 20.1 Å². The van der Waals surface area contributed by atoms with E-state index < -0.39 is 34.7 Å². The van der Waals surface area contributed by atoms with Gasteiger partial charge in [0.05, 0.1) is 24.1 Å². The fourth-order valence-electron chi connectivity index (χ4n) is 2.80. The van der Waals surface area contributed by atoms with Crippen LogP contribution in [0.15, 0.2) is 24.3 Å². The third kappa shape index (κ3) is 3.46. The Hall–Kier alpha value is -3.09. The van der Waals surface area contributed by atoms with Gasteiger partial charge in [0.15, 0.2) is 5.75 Å². The van der Waals surface area contributed by atoms with Gasteiger partial charge in [0, 0.05) is 5.92 Å². The maximum absolute atomic E-state index is 11.8. The lowest BCUT2D eigenvalue weighted by Gasteiger charge is -2.20. The van der Waals surface area contributed by atoms with Crippen LogP contribution in [0.5, 0.6) is 11.5 Å². The number of aromatic nitrogens is 1. The number of aromatic hydroxyl groups is 1. The Labute approximate surface area is 150 Å². The highest BCUT2D eigenvalue weighted by Crippen LogP contribution is 2.36. The van der Waals surface area contributed by atoms with Crippen LogP contribution in [-0.4, -0.2) is 39.4 Å². The van der Waals surface area contributed by atoms with E-state index in [4.69, 9.17) is 4.74 Å². The van der Waals surface area contributed by atoms with Crippen molar-refractivity contribution in [3.05, 3.63) is 52.3 Å². The van der Waals surface area contributed by atoms with Gasteiger partial charge in [0.1, 0.15) is 11.3 Å². The van der Waals surface area contributed by atoms with Crippen LogP contribution in [0.4, 0.5) is 0 Å². The second kappa shape index (κ2) is 7.43. The first kappa shape index (κ1) is 19.2. The van der Waals surface area contributed by atoms with E-state index in [-0.39, 0.29) is 17.3 Å². The normalized spacial score (nSPS) is 12.0. The molecule has 26 heavy (non-hydrogen) atoms. The first-order chi connectivity index (χ1) is 12.2. The van der Waals surface area contributed by atoms with E-state index in [0.29, 0.717) is 5.75 Å². The van der Waals surface area contributed by atoms with Gasteiger partial charge in [-0.05, 0) is 23.6 Å². The van der Waals surface area contributed by atoms with Crippen molar-refractivity contribution in [2.45, 2.75) is 32.6 Å². The van der Waals surface area contributed by atoms with E-state index in [0.717, 1.165) is 5.56 Å². The summed E-state index contributed by atoms with van der Waals surface area (Å²) >= 11 is 0. The number of pyridine rings is 1. The Morgan fingerprint density at radius 2 is 1.50 bits per heavy atom. The third-order valence-corrected chi connectivity index (χ3v) is 4.23. The Bertz CT molecular complexity index is 842. The molecule has 0 aliphatic rings. The van der Waals surface area contributed by atoms with Gasteiger partial charge in [-0.3, -0.25) is 4.98 Å². The Kier molecular flexibility index (Phi) is 5.50. The van der Waals surface area contributed by atoms with E-state index in [1.54, 1.807) is 45.0 Å². The molecule has 1 aromatic heterocycles. The lowest BCUT2D eigenvalue weighted by molar-refractivity contribution is 0.0646. The van der Waals surface area contributed by atoms with Crippen molar-refractivity contribution in [3.63, 3.8) is 0 Å². The number of hydrogen-bond acceptors (Lipinski definition) is 5. The van der Waals surface area contributed by atoms with Crippen LogP contribution in [0, 0.1) is 0 Å². The molecule has 0 amide bonds. The van der Waals surface area contributed by atoms with Gasteiger partial charge in [-0.1, -0.05) is 32.9 Å². The first-order valence-corrected chi connectivity index (χ1v) is 8.06. The standard InChI is InChI=1S/C19H21NO6/c1-9(2)15-17(21)14(19(24)25)13(18(22)23)16(20-15)10(3)11-5-7-12(26-4)8-6-11/h5-10,21H,1-4H3,(H,22,23)(H,24,25). The van der Waals surface area contributed by atoms with Crippen molar-refractivity contribution in [1.82, 2.24) is 4.98 Å². The molecule has 1 unspecified atom stereocenters. The number of carboxylic acid groups (broad SMARTS) is 2. The summed E-state index contributed by atoms with van der Waals surface area (Å²) in [5, 5.41) is 29.4. The summed E-state index contributed by atoms with van der Waals surface area (Å²) in [7, 11) is 1.54. The molecule has 0 aliphatic carbocycles. The van der Waals surface area contributed by atoms with Gasteiger partial charge >= 0.3 is 11.9 Å². The number of carboxylic acids is 2. The summed E-state index contributed by atoms with van der Waals surface area (Å²) in [5.41, 5.74) is -0.129. The number of methoxy groups -OCH3 is 1. The van der Waals surface area contributed by atoms with E-state index in [1.807, 2.05) is 0 Å². The van der Waals surface area contributed by atoms with Crippen molar-refractivity contribution >= 4 is 11.9 Å². The average molecular weight is 359 g/mol. The highest BCUT2D eigenvalue weighted by Gasteiger charge is 2.31. The number of ether oxygens (including phenoxy) is 1. The Morgan fingerprint density at radius 1 is 0.962 bits per heavy atom. The van der Waals surface area contributed by atoms with Crippen LogP contribution in [0.25, 0.3) is 0 Å². The largest absolute Gasteiger partial charge is 0.505 e. The van der Waals surface area contributed by atoms with Crippen LogP contribution < -0.4 is 4.74 Å². The monoisotopic (exact) mass is 359 g/mol. The second-order valence-electron chi connectivity index (χ2n) is 6.24. The number of nitrogens with zero attached hydrogens (tertiary/aromatic N) is 1. The number of carbonyl (C=O) groups is 2. The summed E-state index contributed by atoms with van der Waals surface area (Å²) in [6.45, 7) is 5.23. The molecule has 0 spiro atoms. The molecule has 0 saturated heterocycles. The van der Waals surface area contributed by atoms with Crippen molar-refractivity contribution in [2.75, 3.05) is 7.11 Å². The molecule has 0 fully saturated rings. The van der Waals surface area contributed by atoms with Gasteiger partial charge in [-0.15, -0.1) is 0 Å². The molecular formula is C19H21NO6. The van der Waals surface area contributed by atoms with Gasteiger partial charge in [0.25, 0.3) is 0 Å². The van der Waals surface area contributed by atoms with E-state index in [2.05, 4.69) is 4.98 Å². The molecule has 0 aliphatic heterocycles. The SMILES string of the molecule is COc1ccc(C(C)c2nc(C(C)C)c(O)c(C(=O)O)c2C(=O)O)cc1. The Morgan fingerprint density at radius 3 is 1.92 bits per heavy atom. The summed E-state index contributed by atoms with van der Waals surface area (Å²) in [5.74, 6) is -3.69. The molecule has 0 radical (unpaired) electrons. The second-order valence-corrected chi connectivity index (χ2v) is 6.24. The first-order valence-electron chi connectivity index (χ1n) is 8.06. The molecule has 0 bridgehead atoms. The van der Waals surface area contributed by atoms with Gasteiger partial charge in [0.2, 0.25) is 0 Å². The maximum atomic E-state index is 11.8. The number of rotatable bonds is 6. The predicted molar refractivity (Wildman–Crippen MR) is 94.4 cm³/mol. The van der Waals surface area contributed by atoms with Crippen molar-refractivity contribution in [3.8, 4) is 11.5 Å². The highest BCUT2D eigenvalue weighted by molar-refractivity contribution is 6.04. The molecular weight excluding hydrogens is 338 g/mol. The topological polar surface area (TPSA) is 117 Å². The summed E-state index contributed by atoms with van der Waals surface area (Å²) in [6.07, 6.45) is 0. The zero-order chi connectivity index (χ0) is 19.6. The van der Waals surface area contributed by atoms with Crippen LogP contribution in [0.2, 0.25) is 0 Å². The molecule has 1 atom stereocenters. The van der Waals surface area contributed by atoms with Crippen LogP contribution in [0.1, 0.15) is 70.3 Å². The minimum absolute atomic E-state index is 0.0987. The molecule has 7 heteroatoms. The van der Waals surface area contributed by atoms with E-state index in [9.17, 15) is 24.9 Å². The van der Waals surface area contributed by atoms with E-state index in [1.165, 1.54) is 7.11 Å². The lowest BCUT2D eigenvalue weighted by Crippen LogP contribution is -2.18. The lowest BCUT2D eigenvalue weighted by atomic mass is 9.90. The molecule has 3 N–H and O–H groups in total. The van der Waals surface area contributed by atoms with Gasteiger partial charge in [-0.2, -0.15) is 0 Å². The molecule has 1 aromatic carbocycles. The zero-order valence-corrected chi connectivity index (χ0v) is 15.0. The molecule has 138 valence electrons.